The van der Waals surface area contributed by atoms with Crippen molar-refractivity contribution in [3.8, 4) is 0 Å². The van der Waals surface area contributed by atoms with Crippen LogP contribution in [-0.2, 0) is 0 Å². The molecule has 0 bridgehead atoms. The third kappa shape index (κ3) is 1.81. The lowest BCUT2D eigenvalue weighted by Gasteiger charge is -2.18. The Morgan fingerprint density at radius 1 is 1.14 bits per heavy atom. The first-order valence-corrected chi connectivity index (χ1v) is 5.02. The summed E-state index contributed by atoms with van der Waals surface area (Å²) >= 11 is 11.8. The highest BCUT2D eigenvalue weighted by Gasteiger charge is 2.11. The summed E-state index contributed by atoms with van der Waals surface area (Å²) in [6.07, 6.45) is 4.03. The lowest BCUT2D eigenvalue weighted by Crippen LogP contribution is -2.21. The van der Waals surface area contributed by atoms with Crippen LogP contribution in [-0.4, -0.2) is 18.6 Å². The molecule has 0 N–H and O–H groups in total. The van der Waals surface area contributed by atoms with E-state index in [-0.39, 0.29) is 0 Å². The van der Waals surface area contributed by atoms with Crippen molar-refractivity contribution in [2.45, 2.75) is 0 Å². The molecule has 0 spiro atoms. The Balaban J connectivity index is 2.25. The molecule has 0 saturated heterocycles. The lowest BCUT2D eigenvalue weighted by atomic mass is 10.3. The van der Waals surface area contributed by atoms with Crippen LogP contribution in [0.3, 0.4) is 0 Å². The molecule has 1 aromatic carbocycles. The first kappa shape index (κ1) is 9.69. The quantitative estimate of drug-likeness (QED) is 0.729. The first-order chi connectivity index (χ1) is 6.66. The zero-order valence-corrected chi connectivity index (χ0v) is 9.26. The van der Waals surface area contributed by atoms with E-state index in [0.717, 1.165) is 12.4 Å². The third-order valence-electron chi connectivity index (χ3n) is 2.11. The fourth-order valence-electron chi connectivity index (χ4n) is 1.36. The van der Waals surface area contributed by atoms with Crippen LogP contribution in [0.15, 0.2) is 30.6 Å². The van der Waals surface area contributed by atoms with Crippen molar-refractivity contribution in [2.75, 3.05) is 18.6 Å². The molecule has 0 amide bonds. The van der Waals surface area contributed by atoms with Crippen LogP contribution >= 0.6 is 23.2 Å². The number of anilines is 1. The highest BCUT2D eigenvalue weighted by molar-refractivity contribution is 6.42. The number of halogens is 2. The molecular formula is C10H10Cl2N2. The molecule has 0 fully saturated rings. The summed E-state index contributed by atoms with van der Waals surface area (Å²) in [6, 6.07) is 5.64. The Hall–Kier alpha value is -0.860. The molecule has 4 heteroatoms. The van der Waals surface area contributed by atoms with Gasteiger partial charge in [0, 0.05) is 25.1 Å². The molecule has 0 radical (unpaired) electrons. The number of benzene rings is 1. The van der Waals surface area contributed by atoms with Gasteiger partial charge in [-0.2, -0.15) is 0 Å². The van der Waals surface area contributed by atoms with Gasteiger partial charge in [0.05, 0.1) is 16.7 Å². The summed E-state index contributed by atoms with van der Waals surface area (Å²) in [7, 11) is 2.02. The Morgan fingerprint density at radius 3 is 2.50 bits per heavy atom. The van der Waals surface area contributed by atoms with Gasteiger partial charge in [-0.3, -0.25) is 0 Å². The average molecular weight is 229 g/mol. The third-order valence-corrected chi connectivity index (χ3v) is 2.85. The van der Waals surface area contributed by atoms with Crippen LogP contribution in [0.25, 0.3) is 0 Å². The SMILES string of the molecule is CN1C=CN(c2ccc(Cl)c(Cl)c2)C1. The zero-order chi connectivity index (χ0) is 10.1. The standard InChI is InChI=1S/C10H10Cl2N2/c1-13-4-5-14(7-13)8-2-3-9(11)10(12)6-8/h2-6H,7H2,1H3. The Morgan fingerprint density at radius 2 is 1.93 bits per heavy atom. The maximum atomic E-state index is 5.93. The Bertz CT molecular complexity index is 376. The Labute approximate surface area is 93.3 Å². The van der Waals surface area contributed by atoms with Gasteiger partial charge < -0.3 is 9.80 Å². The maximum absolute atomic E-state index is 5.93. The molecule has 0 atom stereocenters. The molecule has 2 rings (SSSR count). The van der Waals surface area contributed by atoms with E-state index in [4.69, 9.17) is 23.2 Å². The van der Waals surface area contributed by atoms with Gasteiger partial charge in [0.15, 0.2) is 0 Å². The van der Waals surface area contributed by atoms with E-state index < -0.39 is 0 Å². The van der Waals surface area contributed by atoms with Crippen molar-refractivity contribution in [1.29, 1.82) is 0 Å². The molecule has 2 nitrogen and oxygen atoms in total. The van der Waals surface area contributed by atoms with Gasteiger partial charge in [-0.1, -0.05) is 23.2 Å². The molecular weight excluding hydrogens is 219 g/mol. The molecule has 1 aliphatic rings. The topological polar surface area (TPSA) is 6.48 Å². The summed E-state index contributed by atoms with van der Waals surface area (Å²) in [5.41, 5.74) is 1.06. The number of hydrogen-bond donors (Lipinski definition) is 0. The van der Waals surface area contributed by atoms with Crippen LogP contribution in [0.2, 0.25) is 10.0 Å². The van der Waals surface area contributed by atoms with E-state index in [2.05, 4.69) is 9.80 Å². The fraction of sp³-hybridized carbons (Fsp3) is 0.200. The molecule has 1 aliphatic heterocycles. The second-order valence-electron chi connectivity index (χ2n) is 3.26. The lowest BCUT2D eigenvalue weighted by molar-refractivity contribution is 0.496. The summed E-state index contributed by atoms with van der Waals surface area (Å²) < 4.78 is 0. The molecule has 14 heavy (non-hydrogen) atoms. The van der Waals surface area contributed by atoms with Gasteiger partial charge in [0.2, 0.25) is 0 Å². The largest absolute Gasteiger partial charge is 0.361 e. The van der Waals surface area contributed by atoms with Crippen molar-refractivity contribution >= 4 is 28.9 Å². The highest BCUT2D eigenvalue weighted by Crippen LogP contribution is 2.28. The molecule has 0 aromatic heterocycles. The molecule has 0 saturated carbocycles. The molecule has 1 aromatic rings. The van der Waals surface area contributed by atoms with Crippen LogP contribution in [0.5, 0.6) is 0 Å². The minimum Gasteiger partial charge on any atom is -0.361 e. The van der Waals surface area contributed by atoms with Crippen molar-refractivity contribution in [1.82, 2.24) is 4.90 Å². The van der Waals surface area contributed by atoms with E-state index in [0.29, 0.717) is 10.0 Å². The minimum absolute atomic E-state index is 0.590. The monoisotopic (exact) mass is 228 g/mol. The van der Waals surface area contributed by atoms with Crippen molar-refractivity contribution in [3.63, 3.8) is 0 Å². The van der Waals surface area contributed by atoms with Crippen molar-refractivity contribution < 1.29 is 0 Å². The maximum Gasteiger partial charge on any atom is 0.0938 e. The van der Waals surface area contributed by atoms with Crippen molar-refractivity contribution in [2.24, 2.45) is 0 Å². The van der Waals surface area contributed by atoms with Crippen LogP contribution in [0.4, 0.5) is 5.69 Å². The number of nitrogens with zero attached hydrogens (tertiary/aromatic N) is 2. The predicted molar refractivity (Wildman–Crippen MR) is 60.7 cm³/mol. The van der Waals surface area contributed by atoms with Gasteiger partial charge in [-0.05, 0) is 18.2 Å². The highest BCUT2D eigenvalue weighted by atomic mass is 35.5. The summed E-state index contributed by atoms with van der Waals surface area (Å²) in [6.45, 7) is 0.845. The van der Waals surface area contributed by atoms with E-state index in [1.165, 1.54) is 0 Å². The number of hydrogen-bond acceptors (Lipinski definition) is 2. The predicted octanol–water partition coefficient (Wildman–Crippen LogP) is 3.17. The van der Waals surface area contributed by atoms with Gasteiger partial charge in [-0.25, -0.2) is 0 Å². The smallest absolute Gasteiger partial charge is 0.0938 e. The summed E-state index contributed by atoms with van der Waals surface area (Å²) in [5, 5.41) is 1.18. The zero-order valence-electron chi connectivity index (χ0n) is 7.74. The summed E-state index contributed by atoms with van der Waals surface area (Å²) in [4.78, 5) is 4.19. The van der Waals surface area contributed by atoms with E-state index in [1.807, 2.05) is 37.6 Å². The Kier molecular flexibility index (Phi) is 2.57. The molecule has 0 aliphatic carbocycles. The molecule has 1 heterocycles. The minimum atomic E-state index is 0.590. The van der Waals surface area contributed by atoms with E-state index in [9.17, 15) is 0 Å². The molecule has 0 unspecified atom stereocenters. The van der Waals surface area contributed by atoms with Gasteiger partial charge in [0.1, 0.15) is 0 Å². The first-order valence-electron chi connectivity index (χ1n) is 4.27. The summed E-state index contributed by atoms with van der Waals surface area (Å²) in [5.74, 6) is 0. The molecule has 74 valence electrons. The van der Waals surface area contributed by atoms with E-state index in [1.54, 1.807) is 0 Å². The fourth-order valence-corrected chi connectivity index (χ4v) is 1.65. The van der Waals surface area contributed by atoms with Gasteiger partial charge >= 0.3 is 0 Å². The van der Waals surface area contributed by atoms with Crippen LogP contribution in [0.1, 0.15) is 0 Å². The number of rotatable bonds is 1. The second-order valence-corrected chi connectivity index (χ2v) is 4.08. The van der Waals surface area contributed by atoms with Gasteiger partial charge in [0.25, 0.3) is 0 Å². The second kappa shape index (κ2) is 3.71. The van der Waals surface area contributed by atoms with E-state index >= 15 is 0 Å². The van der Waals surface area contributed by atoms with Crippen molar-refractivity contribution in [3.05, 3.63) is 40.6 Å². The van der Waals surface area contributed by atoms with Gasteiger partial charge in [-0.15, -0.1) is 0 Å². The van der Waals surface area contributed by atoms with Crippen LogP contribution in [0, 0.1) is 0 Å². The average Bonchev–Trinajstić information content (AvgIpc) is 2.57. The van der Waals surface area contributed by atoms with Crippen LogP contribution < -0.4 is 4.90 Å². The normalized spacial score (nSPS) is 15.4.